The molecule has 0 unspecified atom stereocenters. The Morgan fingerprint density at radius 3 is 2.33 bits per heavy atom. The number of ether oxygens (including phenoxy) is 1. The zero-order chi connectivity index (χ0) is 13.8. The minimum atomic E-state index is -0.242. The molecule has 18 heavy (non-hydrogen) atoms. The Labute approximate surface area is 110 Å². The molecule has 0 spiro atoms. The molecule has 1 aromatic rings. The molecule has 0 aliphatic rings. The zero-order valence-corrected chi connectivity index (χ0v) is 11.9. The van der Waals surface area contributed by atoms with Crippen molar-refractivity contribution >= 4 is 5.97 Å². The maximum Gasteiger partial charge on any atom is 0.323 e. The summed E-state index contributed by atoms with van der Waals surface area (Å²) in [6.07, 6.45) is 0. The van der Waals surface area contributed by atoms with E-state index >= 15 is 0 Å². The maximum absolute atomic E-state index is 11.9. The van der Waals surface area contributed by atoms with Gasteiger partial charge in [0.2, 0.25) is 0 Å². The van der Waals surface area contributed by atoms with Gasteiger partial charge >= 0.3 is 5.97 Å². The number of carbonyl (C=O) groups is 1. The van der Waals surface area contributed by atoms with Gasteiger partial charge in [0.05, 0.1) is 0 Å². The number of esters is 1. The first-order chi connectivity index (χ1) is 8.32. The third kappa shape index (κ3) is 4.15. The van der Waals surface area contributed by atoms with Crippen molar-refractivity contribution in [3.05, 3.63) is 35.9 Å². The Bertz CT molecular complexity index is 381. The lowest BCUT2D eigenvalue weighted by atomic mass is 10.0. The molecule has 0 bridgehead atoms. The van der Waals surface area contributed by atoms with Crippen molar-refractivity contribution < 1.29 is 9.53 Å². The van der Waals surface area contributed by atoms with Crippen molar-refractivity contribution in [2.24, 2.45) is 0 Å². The van der Waals surface area contributed by atoms with Gasteiger partial charge in [-0.15, -0.1) is 0 Å². The summed E-state index contributed by atoms with van der Waals surface area (Å²) in [6.45, 7) is 8.44. The molecule has 1 atom stereocenters. The normalized spacial score (nSPS) is 13.4. The highest BCUT2D eigenvalue weighted by molar-refractivity contribution is 5.75. The molecule has 3 nitrogen and oxygen atoms in total. The zero-order valence-electron chi connectivity index (χ0n) is 11.9. The molecule has 0 amide bonds. The summed E-state index contributed by atoms with van der Waals surface area (Å²) in [5, 5.41) is 0. The van der Waals surface area contributed by atoms with Crippen molar-refractivity contribution in [3.8, 4) is 0 Å². The lowest BCUT2D eigenvalue weighted by Crippen LogP contribution is -2.48. The largest absolute Gasteiger partial charge is 0.460 e. The average molecular weight is 249 g/mol. The first-order valence-electron chi connectivity index (χ1n) is 6.26. The summed E-state index contributed by atoms with van der Waals surface area (Å²) in [7, 11) is 1.94. The number of hydrogen-bond acceptors (Lipinski definition) is 3. The first-order valence-corrected chi connectivity index (χ1v) is 6.26. The van der Waals surface area contributed by atoms with Crippen LogP contribution in [-0.4, -0.2) is 29.5 Å². The molecule has 0 aromatic heterocycles. The van der Waals surface area contributed by atoms with Crippen LogP contribution in [0.3, 0.4) is 0 Å². The van der Waals surface area contributed by atoms with Gasteiger partial charge in [-0.25, -0.2) is 0 Å². The highest BCUT2D eigenvalue weighted by Crippen LogP contribution is 2.15. The topological polar surface area (TPSA) is 29.5 Å². The Kier molecular flexibility index (Phi) is 4.91. The maximum atomic E-state index is 11.9. The Balaban J connectivity index is 2.51. The second kappa shape index (κ2) is 6.01. The average Bonchev–Trinajstić information content (AvgIpc) is 2.34. The van der Waals surface area contributed by atoms with Gasteiger partial charge in [-0.2, -0.15) is 0 Å². The lowest BCUT2D eigenvalue weighted by Gasteiger charge is -2.35. The molecule has 0 saturated carbocycles. The Morgan fingerprint density at radius 2 is 1.83 bits per heavy atom. The monoisotopic (exact) mass is 249 g/mol. The summed E-state index contributed by atoms with van der Waals surface area (Å²) in [4.78, 5) is 14.0. The number of hydrogen-bond donors (Lipinski definition) is 0. The van der Waals surface area contributed by atoms with Gasteiger partial charge in [0.15, 0.2) is 0 Å². The molecule has 0 heterocycles. The van der Waals surface area contributed by atoms with Crippen LogP contribution in [0.1, 0.15) is 33.3 Å². The summed E-state index contributed by atoms with van der Waals surface area (Å²) < 4.78 is 5.33. The fourth-order valence-electron chi connectivity index (χ4n) is 1.59. The van der Waals surface area contributed by atoms with Gasteiger partial charge < -0.3 is 4.74 Å². The second-order valence-corrected chi connectivity index (χ2v) is 5.55. The predicted molar refractivity (Wildman–Crippen MR) is 73.2 cm³/mol. The molecule has 0 aliphatic heterocycles. The Hall–Kier alpha value is -1.35. The molecule has 1 aromatic carbocycles. The lowest BCUT2D eigenvalue weighted by molar-refractivity contribution is -0.152. The molecule has 0 N–H and O–H groups in total. The standard InChI is InChI=1S/C15H23NO2/c1-12(16(5)15(2,3)4)14(17)18-11-13-9-7-6-8-10-13/h6-10,12H,11H2,1-5H3/t12-/m0/s1. The van der Waals surface area contributed by atoms with Crippen LogP contribution in [0, 0.1) is 0 Å². The SMILES string of the molecule is C[C@@H](C(=O)OCc1ccccc1)N(C)C(C)(C)C. The number of benzene rings is 1. The smallest absolute Gasteiger partial charge is 0.323 e. The molecule has 0 radical (unpaired) electrons. The van der Waals surface area contributed by atoms with E-state index in [1.165, 1.54) is 0 Å². The van der Waals surface area contributed by atoms with E-state index in [4.69, 9.17) is 4.74 Å². The number of nitrogens with zero attached hydrogens (tertiary/aromatic N) is 1. The number of likely N-dealkylation sites (N-methyl/N-ethyl adjacent to an activating group) is 1. The van der Waals surface area contributed by atoms with Crippen LogP contribution in [0.2, 0.25) is 0 Å². The van der Waals surface area contributed by atoms with Crippen molar-refractivity contribution in [2.75, 3.05) is 7.05 Å². The molecule has 0 saturated heterocycles. The highest BCUT2D eigenvalue weighted by atomic mass is 16.5. The quantitative estimate of drug-likeness (QED) is 0.768. The van der Waals surface area contributed by atoms with E-state index in [1.54, 1.807) is 0 Å². The van der Waals surface area contributed by atoms with E-state index in [0.29, 0.717) is 6.61 Å². The van der Waals surface area contributed by atoms with Gasteiger partial charge in [0, 0.05) is 5.54 Å². The molecular weight excluding hydrogens is 226 g/mol. The summed E-state index contributed by atoms with van der Waals surface area (Å²) in [5.74, 6) is -0.184. The molecular formula is C15H23NO2. The molecule has 100 valence electrons. The predicted octanol–water partition coefficient (Wildman–Crippen LogP) is 2.85. The minimum absolute atomic E-state index is 0.0504. The van der Waals surface area contributed by atoms with Crippen molar-refractivity contribution in [1.82, 2.24) is 4.90 Å². The van der Waals surface area contributed by atoms with Crippen LogP contribution < -0.4 is 0 Å². The van der Waals surface area contributed by atoms with Gasteiger partial charge in [0.25, 0.3) is 0 Å². The molecule has 0 fully saturated rings. The van der Waals surface area contributed by atoms with E-state index in [-0.39, 0.29) is 17.6 Å². The second-order valence-electron chi connectivity index (χ2n) is 5.55. The van der Waals surface area contributed by atoms with Gasteiger partial charge in [0.1, 0.15) is 12.6 Å². The highest BCUT2D eigenvalue weighted by Gasteiger charge is 2.27. The van der Waals surface area contributed by atoms with E-state index in [1.807, 2.05) is 49.2 Å². The Morgan fingerprint density at radius 1 is 1.28 bits per heavy atom. The van der Waals surface area contributed by atoms with Crippen LogP contribution in [0.5, 0.6) is 0 Å². The first kappa shape index (κ1) is 14.7. The minimum Gasteiger partial charge on any atom is -0.460 e. The molecule has 1 rings (SSSR count). The summed E-state index contributed by atoms with van der Waals surface area (Å²) in [5.41, 5.74) is 0.960. The van der Waals surface area contributed by atoms with Crippen LogP contribution in [0.15, 0.2) is 30.3 Å². The van der Waals surface area contributed by atoms with Crippen LogP contribution in [-0.2, 0) is 16.1 Å². The number of carbonyl (C=O) groups excluding carboxylic acids is 1. The van der Waals surface area contributed by atoms with Crippen LogP contribution in [0.4, 0.5) is 0 Å². The fraction of sp³-hybridized carbons (Fsp3) is 0.533. The molecule has 3 heteroatoms. The van der Waals surface area contributed by atoms with E-state index < -0.39 is 0 Å². The van der Waals surface area contributed by atoms with E-state index in [0.717, 1.165) is 5.56 Å². The number of rotatable bonds is 4. The summed E-state index contributed by atoms with van der Waals surface area (Å²) in [6, 6.07) is 9.48. The van der Waals surface area contributed by atoms with Gasteiger partial charge in [-0.3, -0.25) is 9.69 Å². The van der Waals surface area contributed by atoms with Crippen LogP contribution >= 0.6 is 0 Å². The molecule has 0 aliphatic carbocycles. The fourth-order valence-corrected chi connectivity index (χ4v) is 1.59. The van der Waals surface area contributed by atoms with E-state index in [2.05, 4.69) is 20.8 Å². The third-order valence-electron chi connectivity index (χ3n) is 3.20. The van der Waals surface area contributed by atoms with Crippen molar-refractivity contribution in [2.45, 2.75) is 45.9 Å². The van der Waals surface area contributed by atoms with Gasteiger partial charge in [-0.1, -0.05) is 30.3 Å². The van der Waals surface area contributed by atoms with Gasteiger partial charge in [-0.05, 0) is 40.3 Å². The van der Waals surface area contributed by atoms with Crippen molar-refractivity contribution in [1.29, 1.82) is 0 Å². The van der Waals surface area contributed by atoms with Crippen molar-refractivity contribution in [3.63, 3.8) is 0 Å². The van der Waals surface area contributed by atoms with E-state index in [9.17, 15) is 4.79 Å². The third-order valence-corrected chi connectivity index (χ3v) is 3.20. The van der Waals surface area contributed by atoms with Crippen LogP contribution in [0.25, 0.3) is 0 Å². The summed E-state index contributed by atoms with van der Waals surface area (Å²) >= 11 is 0.